The van der Waals surface area contributed by atoms with Gasteiger partial charge in [-0.05, 0) is 24.5 Å². The molecule has 0 aromatic heterocycles. The molecule has 6 heteroatoms. The van der Waals surface area contributed by atoms with Crippen LogP contribution in [0.1, 0.15) is 30.6 Å². The molecular weight excluding hydrogens is 297 g/mol. The molecule has 1 fully saturated rings. The third-order valence-electron chi connectivity index (χ3n) is 4.30. The maximum atomic E-state index is 13.9. The van der Waals surface area contributed by atoms with Crippen LogP contribution in [0.5, 0.6) is 0 Å². The predicted octanol–water partition coefficient (Wildman–Crippen LogP) is 3.05. The van der Waals surface area contributed by atoms with Crippen molar-refractivity contribution < 1.29 is 19.1 Å². The number of benzene rings is 1. The molecule has 1 N–H and O–H groups in total. The van der Waals surface area contributed by atoms with E-state index >= 15 is 0 Å². The van der Waals surface area contributed by atoms with Crippen LogP contribution in [-0.2, 0) is 4.79 Å². The molecule has 1 aliphatic heterocycles. The van der Waals surface area contributed by atoms with Gasteiger partial charge in [-0.3, -0.25) is 9.59 Å². The molecule has 1 heterocycles. The molecule has 1 atom stereocenters. The van der Waals surface area contributed by atoms with Crippen LogP contribution in [0.25, 0.3) is 0 Å². The van der Waals surface area contributed by atoms with Crippen molar-refractivity contribution in [2.24, 2.45) is 11.3 Å². The van der Waals surface area contributed by atoms with Gasteiger partial charge in [-0.2, -0.15) is 0 Å². The molecule has 0 aliphatic carbocycles. The Bertz CT molecular complexity index is 590. The highest BCUT2D eigenvalue weighted by atomic mass is 35.5. The summed E-state index contributed by atoms with van der Waals surface area (Å²) in [5, 5.41) is 9.35. The fourth-order valence-corrected chi connectivity index (χ4v) is 2.91. The van der Waals surface area contributed by atoms with Crippen LogP contribution in [0.15, 0.2) is 18.2 Å². The average molecular weight is 314 g/mol. The summed E-state index contributed by atoms with van der Waals surface area (Å²) in [7, 11) is 0. The SMILES string of the molecule is CC(C)C1(C(=O)O)CCN(C(=O)c2cccc(Cl)c2F)C1. The summed E-state index contributed by atoms with van der Waals surface area (Å²) < 4.78 is 13.9. The Morgan fingerprint density at radius 2 is 2.10 bits per heavy atom. The van der Waals surface area contributed by atoms with Gasteiger partial charge in [0.05, 0.1) is 16.0 Å². The summed E-state index contributed by atoms with van der Waals surface area (Å²) in [6.07, 6.45) is 0.369. The summed E-state index contributed by atoms with van der Waals surface area (Å²) in [6.45, 7) is 4.03. The maximum Gasteiger partial charge on any atom is 0.311 e. The van der Waals surface area contributed by atoms with Crippen LogP contribution in [0.3, 0.4) is 0 Å². The lowest BCUT2D eigenvalue weighted by Gasteiger charge is -2.28. The molecule has 4 nitrogen and oxygen atoms in total. The number of halogens is 2. The van der Waals surface area contributed by atoms with Crippen LogP contribution in [0.4, 0.5) is 4.39 Å². The summed E-state index contributed by atoms with van der Waals surface area (Å²) in [4.78, 5) is 25.3. The molecule has 1 saturated heterocycles. The molecule has 21 heavy (non-hydrogen) atoms. The Kier molecular flexibility index (Phi) is 4.23. The minimum atomic E-state index is -0.968. The Balaban J connectivity index is 2.27. The summed E-state index contributed by atoms with van der Waals surface area (Å²) in [5.41, 5.74) is -1.09. The number of likely N-dealkylation sites (tertiary alicyclic amines) is 1. The van der Waals surface area contributed by atoms with E-state index in [2.05, 4.69) is 0 Å². The monoisotopic (exact) mass is 313 g/mol. The number of amides is 1. The standard InChI is InChI=1S/C15H17ClFNO3/c1-9(2)15(14(20)21)6-7-18(8-15)13(19)10-4-3-5-11(16)12(10)17/h3-5,9H,6-8H2,1-2H3,(H,20,21). The van der Waals surface area contributed by atoms with Crippen molar-refractivity contribution in [3.05, 3.63) is 34.6 Å². The molecule has 1 aliphatic rings. The van der Waals surface area contributed by atoms with Gasteiger partial charge in [0, 0.05) is 13.1 Å². The van der Waals surface area contributed by atoms with Crippen LogP contribution in [0.2, 0.25) is 5.02 Å². The topological polar surface area (TPSA) is 57.6 Å². The molecule has 0 bridgehead atoms. The van der Waals surface area contributed by atoms with E-state index in [4.69, 9.17) is 11.6 Å². The van der Waals surface area contributed by atoms with E-state index in [1.807, 2.05) is 13.8 Å². The second-order valence-corrected chi connectivity index (χ2v) is 6.10. The number of aliphatic carboxylic acids is 1. The summed E-state index contributed by atoms with van der Waals surface area (Å²) >= 11 is 5.68. The first kappa shape index (κ1) is 15.8. The lowest BCUT2D eigenvalue weighted by atomic mass is 9.76. The average Bonchev–Trinajstić information content (AvgIpc) is 2.87. The Morgan fingerprint density at radius 1 is 1.43 bits per heavy atom. The Morgan fingerprint density at radius 3 is 2.62 bits per heavy atom. The molecule has 1 aromatic rings. The highest BCUT2D eigenvalue weighted by molar-refractivity contribution is 6.31. The van der Waals surface area contributed by atoms with Crippen molar-refractivity contribution in [3.63, 3.8) is 0 Å². The van der Waals surface area contributed by atoms with Crippen molar-refractivity contribution in [1.29, 1.82) is 0 Å². The zero-order valence-corrected chi connectivity index (χ0v) is 12.7. The number of carbonyl (C=O) groups is 2. The third kappa shape index (κ3) is 2.62. The molecule has 1 amide bonds. The summed E-state index contributed by atoms with van der Waals surface area (Å²) in [5.74, 6) is -2.31. The van der Waals surface area contributed by atoms with Crippen LogP contribution in [0, 0.1) is 17.2 Å². The smallest absolute Gasteiger partial charge is 0.311 e. The van der Waals surface area contributed by atoms with Gasteiger partial charge in [0.15, 0.2) is 5.82 Å². The van der Waals surface area contributed by atoms with Gasteiger partial charge < -0.3 is 10.0 Å². The third-order valence-corrected chi connectivity index (χ3v) is 4.59. The first-order valence-electron chi connectivity index (χ1n) is 6.76. The van der Waals surface area contributed by atoms with E-state index in [0.717, 1.165) is 0 Å². The lowest BCUT2D eigenvalue weighted by molar-refractivity contribution is -0.150. The van der Waals surface area contributed by atoms with Crippen LogP contribution < -0.4 is 0 Å². The van der Waals surface area contributed by atoms with Gasteiger partial charge in [-0.25, -0.2) is 4.39 Å². The van der Waals surface area contributed by atoms with Crippen molar-refractivity contribution in [1.82, 2.24) is 4.90 Å². The first-order valence-corrected chi connectivity index (χ1v) is 7.14. The predicted molar refractivity (Wildman–Crippen MR) is 76.8 cm³/mol. The second kappa shape index (κ2) is 5.64. The van der Waals surface area contributed by atoms with Gasteiger partial charge in [0.25, 0.3) is 5.91 Å². The zero-order chi connectivity index (χ0) is 15.8. The van der Waals surface area contributed by atoms with E-state index in [0.29, 0.717) is 13.0 Å². The van der Waals surface area contributed by atoms with Gasteiger partial charge >= 0.3 is 5.97 Å². The fourth-order valence-electron chi connectivity index (χ4n) is 2.74. The minimum absolute atomic E-state index is 0.0881. The molecule has 1 unspecified atom stereocenters. The molecule has 1 aromatic carbocycles. The van der Waals surface area contributed by atoms with Crippen molar-refractivity contribution >= 4 is 23.5 Å². The second-order valence-electron chi connectivity index (χ2n) is 5.69. The molecule has 114 valence electrons. The van der Waals surface area contributed by atoms with E-state index in [-0.39, 0.29) is 23.0 Å². The molecule has 0 saturated carbocycles. The van der Waals surface area contributed by atoms with E-state index in [1.165, 1.54) is 23.1 Å². The van der Waals surface area contributed by atoms with Crippen molar-refractivity contribution in [2.75, 3.05) is 13.1 Å². The fraction of sp³-hybridized carbons (Fsp3) is 0.467. The Labute approximate surface area is 127 Å². The molecule has 0 radical (unpaired) electrons. The number of nitrogens with zero attached hydrogens (tertiary/aromatic N) is 1. The largest absolute Gasteiger partial charge is 0.481 e. The number of carbonyl (C=O) groups excluding carboxylic acids is 1. The molecule has 2 rings (SSSR count). The highest BCUT2D eigenvalue weighted by Gasteiger charge is 2.48. The summed E-state index contributed by atoms with van der Waals surface area (Å²) in [6, 6.07) is 4.23. The molecule has 0 spiro atoms. The minimum Gasteiger partial charge on any atom is -0.481 e. The van der Waals surface area contributed by atoms with Crippen molar-refractivity contribution in [2.45, 2.75) is 20.3 Å². The lowest BCUT2D eigenvalue weighted by Crippen LogP contribution is -2.40. The van der Waals surface area contributed by atoms with E-state index < -0.39 is 23.1 Å². The quantitative estimate of drug-likeness (QED) is 0.933. The number of hydrogen-bond acceptors (Lipinski definition) is 2. The van der Waals surface area contributed by atoms with Crippen LogP contribution >= 0.6 is 11.6 Å². The van der Waals surface area contributed by atoms with Gasteiger partial charge in [0.1, 0.15) is 0 Å². The number of rotatable bonds is 3. The zero-order valence-electron chi connectivity index (χ0n) is 11.9. The van der Waals surface area contributed by atoms with Gasteiger partial charge in [-0.1, -0.05) is 31.5 Å². The van der Waals surface area contributed by atoms with E-state index in [1.54, 1.807) is 0 Å². The Hall–Kier alpha value is -1.62. The van der Waals surface area contributed by atoms with E-state index in [9.17, 15) is 19.1 Å². The van der Waals surface area contributed by atoms with Gasteiger partial charge in [0.2, 0.25) is 0 Å². The normalized spacial score (nSPS) is 21.9. The van der Waals surface area contributed by atoms with Crippen LogP contribution in [-0.4, -0.2) is 35.0 Å². The first-order chi connectivity index (χ1) is 9.79. The highest BCUT2D eigenvalue weighted by Crippen LogP contribution is 2.38. The van der Waals surface area contributed by atoms with Gasteiger partial charge in [-0.15, -0.1) is 0 Å². The number of hydrogen-bond donors (Lipinski definition) is 1. The number of carboxylic acids is 1. The van der Waals surface area contributed by atoms with Crippen molar-refractivity contribution in [3.8, 4) is 0 Å². The maximum absolute atomic E-state index is 13.9. The number of carboxylic acid groups (broad SMARTS) is 1. The molecular formula is C15H17ClFNO3.